The molecule has 0 unspecified atom stereocenters. The van der Waals surface area contributed by atoms with Crippen molar-refractivity contribution in [3.05, 3.63) is 60.7 Å². The van der Waals surface area contributed by atoms with Gasteiger partial charge < -0.3 is 10.6 Å². The van der Waals surface area contributed by atoms with Crippen LogP contribution < -0.4 is 10.6 Å². The summed E-state index contributed by atoms with van der Waals surface area (Å²) < 4.78 is 0. The molecule has 6 heteroatoms. The average Bonchev–Trinajstić information content (AvgIpc) is 2.53. The highest BCUT2D eigenvalue weighted by molar-refractivity contribution is 8.77. The van der Waals surface area contributed by atoms with Gasteiger partial charge in [-0.05, 0) is 24.3 Å². The zero-order valence-corrected chi connectivity index (χ0v) is 13.5. The van der Waals surface area contributed by atoms with Crippen LogP contribution in [0.25, 0.3) is 0 Å². The van der Waals surface area contributed by atoms with Crippen molar-refractivity contribution in [2.45, 2.75) is 0 Å². The van der Waals surface area contributed by atoms with Crippen LogP contribution in [-0.4, -0.2) is 23.3 Å². The topological polar surface area (TPSA) is 58.2 Å². The minimum atomic E-state index is -0.0767. The molecule has 2 aromatic carbocycles. The van der Waals surface area contributed by atoms with E-state index in [-0.39, 0.29) is 11.8 Å². The summed E-state index contributed by atoms with van der Waals surface area (Å²) in [5.41, 5.74) is 1.56. The highest BCUT2D eigenvalue weighted by Gasteiger charge is 2.05. The minimum absolute atomic E-state index is 0.0767. The van der Waals surface area contributed by atoms with E-state index in [1.165, 1.54) is 21.6 Å². The Morgan fingerprint density at radius 3 is 1.41 bits per heavy atom. The van der Waals surface area contributed by atoms with Gasteiger partial charge in [-0.2, -0.15) is 0 Å². The Hall–Kier alpha value is -1.92. The Labute approximate surface area is 137 Å². The van der Waals surface area contributed by atoms with Crippen molar-refractivity contribution in [3.63, 3.8) is 0 Å². The molecule has 0 radical (unpaired) electrons. The lowest BCUT2D eigenvalue weighted by atomic mass is 10.3. The third-order valence-electron chi connectivity index (χ3n) is 2.58. The molecule has 2 amide bonds. The first-order chi connectivity index (χ1) is 10.7. The highest BCUT2D eigenvalue weighted by Crippen LogP contribution is 2.21. The first-order valence-corrected chi connectivity index (χ1v) is 9.17. The number of para-hydroxylation sites is 2. The van der Waals surface area contributed by atoms with Gasteiger partial charge in [-0.1, -0.05) is 58.0 Å². The van der Waals surface area contributed by atoms with Gasteiger partial charge in [0.15, 0.2) is 0 Å². The smallest absolute Gasteiger partial charge is 0.235 e. The number of hydrogen-bond acceptors (Lipinski definition) is 4. The molecule has 0 aliphatic heterocycles. The van der Waals surface area contributed by atoms with Crippen molar-refractivity contribution in [1.29, 1.82) is 0 Å². The van der Waals surface area contributed by atoms with Crippen LogP contribution in [-0.2, 0) is 9.59 Å². The molecule has 0 aliphatic rings. The molecule has 0 spiro atoms. The maximum absolute atomic E-state index is 11.7. The number of benzene rings is 2. The van der Waals surface area contributed by atoms with Gasteiger partial charge in [0, 0.05) is 11.4 Å². The second kappa shape index (κ2) is 9.17. The molecule has 0 bridgehead atoms. The molecule has 0 atom stereocenters. The van der Waals surface area contributed by atoms with Gasteiger partial charge in [0.25, 0.3) is 0 Å². The van der Waals surface area contributed by atoms with E-state index in [1.54, 1.807) is 0 Å². The summed E-state index contributed by atoms with van der Waals surface area (Å²) in [4.78, 5) is 23.4. The van der Waals surface area contributed by atoms with Crippen LogP contribution in [0.1, 0.15) is 0 Å². The van der Waals surface area contributed by atoms with E-state index in [1.807, 2.05) is 60.7 Å². The first kappa shape index (κ1) is 16.5. The second-order valence-electron chi connectivity index (χ2n) is 4.35. The van der Waals surface area contributed by atoms with Gasteiger partial charge in [0.2, 0.25) is 11.8 Å². The third kappa shape index (κ3) is 6.24. The summed E-state index contributed by atoms with van der Waals surface area (Å²) >= 11 is 0. The van der Waals surface area contributed by atoms with E-state index < -0.39 is 0 Å². The quantitative estimate of drug-likeness (QED) is 0.600. The Bertz CT molecular complexity index is 551. The van der Waals surface area contributed by atoms with Crippen LogP contribution in [0.15, 0.2) is 60.7 Å². The van der Waals surface area contributed by atoms with Crippen LogP contribution in [0, 0.1) is 0 Å². The lowest BCUT2D eigenvalue weighted by molar-refractivity contribution is -0.114. The van der Waals surface area contributed by atoms with E-state index in [9.17, 15) is 9.59 Å². The van der Waals surface area contributed by atoms with Gasteiger partial charge >= 0.3 is 0 Å². The molecular weight excluding hydrogens is 316 g/mol. The van der Waals surface area contributed by atoms with Gasteiger partial charge in [0.1, 0.15) is 0 Å². The van der Waals surface area contributed by atoms with Crippen molar-refractivity contribution in [3.8, 4) is 0 Å². The van der Waals surface area contributed by atoms with E-state index in [0.717, 1.165) is 11.4 Å². The van der Waals surface area contributed by atoms with Crippen LogP contribution >= 0.6 is 21.6 Å². The Morgan fingerprint density at radius 1 is 0.682 bits per heavy atom. The fraction of sp³-hybridized carbons (Fsp3) is 0.125. The number of amides is 2. The van der Waals surface area contributed by atoms with Crippen LogP contribution in [0.2, 0.25) is 0 Å². The maximum atomic E-state index is 11.7. The molecule has 0 aromatic heterocycles. The molecule has 4 nitrogen and oxygen atoms in total. The molecule has 0 saturated carbocycles. The minimum Gasteiger partial charge on any atom is -0.325 e. The number of hydrogen-bond donors (Lipinski definition) is 2. The zero-order valence-electron chi connectivity index (χ0n) is 11.8. The third-order valence-corrected chi connectivity index (χ3v) is 4.71. The summed E-state index contributed by atoms with van der Waals surface area (Å²) in [6.07, 6.45) is 0. The Morgan fingerprint density at radius 2 is 1.05 bits per heavy atom. The summed E-state index contributed by atoms with van der Waals surface area (Å²) in [6.45, 7) is 0. The van der Waals surface area contributed by atoms with Crippen LogP contribution in [0.3, 0.4) is 0 Å². The number of rotatable bonds is 7. The predicted octanol–water partition coefficient (Wildman–Crippen LogP) is 3.65. The SMILES string of the molecule is O=C(CSSCC(=O)Nc1ccccc1)Nc1ccccc1. The molecule has 0 saturated heterocycles. The van der Waals surface area contributed by atoms with Crippen LogP contribution in [0.5, 0.6) is 0 Å². The van der Waals surface area contributed by atoms with Gasteiger partial charge in [-0.25, -0.2) is 0 Å². The highest BCUT2D eigenvalue weighted by atomic mass is 33.1. The standard InChI is InChI=1S/C16H16N2O2S2/c19-15(17-13-7-3-1-4-8-13)11-21-22-12-16(20)18-14-9-5-2-6-10-14/h1-10H,11-12H2,(H,17,19)(H,18,20). The summed E-state index contributed by atoms with van der Waals surface area (Å²) in [6, 6.07) is 18.6. The van der Waals surface area contributed by atoms with Crippen molar-refractivity contribution >= 4 is 44.8 Å². The predicted molar refractivity (Wildman–Crippen MR) is 95.1 cm³/mol. The first-order valence-electron chi connectivity index (χ1n) is 6.68. The number of anilines is 2. The van der Waals surface area contributed by atoms with E-state index in [0.29, 0.717) is 11.5 Å². The number of carbonyl (C=O) groups excluding carboxylic acids is 2. The fourth-order valence-electron chi connectivity index (χ4n) is 1.63. The summed E-state index contributed by atoms with van der Waals surface area (Å²) in [5, 5.41) is 5.59. The average molecular weight is 332 g/mol. The molecule has 0 fully saturated rings. The molecular formula is C16H16N2O2S2. The molecule has 0 aliphatic carbocycles. The normalized spacial score (nSPS) is 10.0. The van der Waals surface area contributed by atoms with E-state index in [2.05, 4.69) is 10.6 Å². The molecule has 0 heterocycles. The Kier molecular flexibility index (Phi) is 6.86. The maximum Gasteiger partial charge on any atom is 0.235 e. The number of carbonyl (C=O) groups is 2. The number of nitrogens with one attached hydrogen (secondary N) is 2. The van der Waals surface area contributed by atoms with Gasteiger partial charge in [-0.3, -0.25) is 9.59 Å². The lowest BCUT2D eigenvalue weighted by Gasteiger charge is -2.05. The molecule has 2 rings (SSSR count). The largest absolute Gasteiger partial charge is 0.325 e. The van der Waals surface area contributed by atoms with Crippen LogP contribution in [0.4, 0.5) is 11.4 Å². The van der Waals surface area contributed by atoms with Crippen molar-refractivity contribution < 1.29 is 9.59 Å². The fourth-order valence-corrected chi connectivity index (χ4v) is 3.29. The van der Waals surface area contributed by atoms with Gasteiger partial charge in [-0.15, -0.1) is 0 Å². The molecule has 114 valence electrons. The Balaban J connectivity index is 1.60. The van der Waals surface area contributed by atoms with Gasteiger partial charge in [0.05, 0.1) is 11.5 Å². The lowest BCUT2D eigenvalue weighted by Crippen LogP contribution is -2.15. The summed E-state index contributed by atoms with van der Waals surface area (Å²) in [7, 11) is 2.73. The van der Waals surface area contributed by atoms with Crippen molar-refractivity contribution in [2.24, 2.45) is 0 Å². The van der Waals surface area contributed by atoms with E-state index >= 15 is 0 Å². The molecule has 22 heavy (non-hydrogen) atoms. The molecule has 2 N–H and O–H groups in total. The van der Waals surface area contributed by atoms with Crippen molar-refractivity contribution in [1.82, 2.24) is 0 Å². The summed E-state index contributed by atoms with van der Waals surface area (Å²) in [5.74, 6) is 0.454. The van der Waals surface area contributed by atoms with E-state index in [4.69, 9.17) is 0 Å². The molecule has 2 aromatic rings. The van der Waals surface area contributed by atoms with Crippen molar-refractivity contribution in [2.75, 3.05) is 22.1 Å². The monoisotopic (exact) mass is 332 g/mol. The zero-order chi connectivity index (χ0) is 15.6. The second-order valence-corrected chi connectivity index (χ2v) is 6.82.